The Bertz CT molecular complexity index is 463. The standard InChI is InChI=1S/C14H18N2O2/c1-2-3-4-7-16-12(9-15)11-5-6-13-14(8-11)18-10-17-13/h5-6,8,12,16H,4,7,9-10,15H2,1H3. The van der Waals surface area contributed by atoms with Gasteiger partial charge in [-0.1, -0.05) is 6.07 Å². The van der Waals surface area contributed by atoms with E-state index >= 15 is 0 Å². The smallest absolute Gasteiger partial charge is 0.231 e. The molecule has 1 atom stereocenters. The Morgan fingerprint density at radius 2 is 2.22 bits per heavy atom. The molecule has 3 N–H and O–H groups in total. The summed E-state index contributed by atoms with van der Waals surface area (Å²) in [5.41, 5.74) is 6.91. The summed E-state index contributed by atoms with van der Waals surface area (Å²) in [7, 11) is 0. The van der Waals surface area contributed by atoms with Gasteiger partial charge in [-0.25, -0.2) is 0 Å². The lowest BCUT2D eigenvalue weighted by atomic mass is 10.1. The third-order valence-corrected chi connectivity index (χ3v) is 2.85. The van der Waals surface area contributed by atoms with Crippen molar-refractivity contribution < 1.29 is 9.47 Å². The zero-order valence-corrected chi connectivity index (χ0v) is 10.5. The largest absolute Gasteiger partial charge is 0.454 e. The van der Waals surface area contributed by atoms with Crippen LogP contribution in [-0.2, 0) is 0 Å². The second-order valence-corrected chi connectivity index (χ2v) is 4.03. The van der Waals surface area contributed by atoms with E-state index in [1.54, 1.807) is 0 Å². The van der Waals surface area contributed by atoms with E-state index in [4.69, 9.17) is 15.2 Å². The first kappa shape index (κ1) is 12.7. The quantitative estimate of drug-likeness (QED) is 0.609. The van der Waals surface area contributed by atoms with Gasteiger partial charge in [-0.2, -0.15) is 0 Å². The number of ether oxygens (including phenoxy) is 2. The highest BCUT2D eigenvalue weighted by molar-refractivity contribution is 5.45. The van der Waals surface area contributed by atoms with E-state index in [1.165, 1.54) is 0 Å². The molecular formula is C14H18N2O2. The molecule has 1 aromatic carbocycles. The number of benzene rings is 1. The molecule has 4 nitrogen and oxygen atoms in total. The molecular weight excluding hydrogens is 228 g/mol. The zero-order chi connectivity index (χ0) is 12.8. The summed E-state index contributed by atoms with van der Waals surface area (Å²) in [4.78, 5) is 0. The number of fused-ring (bicyclic) bond motifs is 1. The Hall–Kier alpha value is -1.70. The van der Waals surface area contributed by atoms with E-state index in [9.17, 15) is 0 Å². The normalized spacial score (nSPS) is 13.9. The number of rotatable bonds is 5. The van der Waals surface area contributed by atoms with Crippen molar-refractivity contribution in [1.82, 2.24) is 5.32 Å². The van der Waals surface area contributed by atoms with E-state index in [-0.39, 0.29) is 6.04 Å². The summed E-state index contributed by atoms with van der Waals surface area (Å²) < 4.78 is 10.7. The Kier molecular flexibility index (Phi) is 4.46. The van der Waals surface area contributed by atoms with Crippen LogP contribution in [0, 0.1) is 11.8 Å². The Morgan fingerprint density at radius 1 is 1.39 bits per heavy atom. The summed E-state index contributed by atoms with van der Waals surface area (Å²) in [6.07, 6.45) is 0.831. The van der Waals surface area contributed by atoms with Gasteiger partial charge in [0.2, 0.25) is 6.79 Å². The summed E-state index contributed by atoms with van der Waals surface area (Å²) in [6.45, 7) is 3.51. The van der Waals surface area contributed by atoms with Gasteiger partial charge in [-0.15, -0.1) is 11.8 Å². The van der Waals surface area contributed by atoms with Crippen molar-refractivity contribution in [2.45, 2.75) is 19.4 Å². The maximum atomic E-state index is 5.79. The lowest BCUT2D eigenvalue weighted by Crippen LogP contribution is -2.28. The van der Waals surface area contributed by atoms with E-state index in [0.29, 0.717) is 13.3 Å². The second-order valence-electron chi connectivity index (χ2n) is 4.03. The lowest BCUT2D eigenvalue weighted by Gasteiger charge is -2.16. The maximum absolute atomic E-state index is 5.79. The molecule has 1 aliphatic rings. The highest BCUT2D eigenvalue weighted by atomic mass is 16.7. The van der Waals surface area contributed by atoms with Crippen LogP contribution in [0.25, 0.3) is 0 Å². The van der Waals surface area contributed by atoms with Crippen molar-refractivity contribution in [3.63, 3.8) is 0 Å². The monoisotopic (exact) mass is 246 g/mol. The third kappa shape index (κ3) is 2.95. The van der Waals surface area contributed by atoms with E-state index < -0.39 is 0 Å². The minimum absolute atomic E-state index is 0.123. The molecule has 0 saturated heterocycles. The molecule has 4 heteroatoms. The topological polar surface area (TPSA) is 56.5 Å². The second kappa shape index (κ2) is 6.29. The average molecular weight is 246 g/mol. The molecule has 0 fully saturated rings. The van der Waals surface area contributed by atoms with Gasteiger partial charge < -0.3 is 20.5 Å². The van der Waals surface area contributed by atoms with Crippen LogP contribution in [-0.4, -0.2) is 19.9 Å². The van der Waals surface area contributed by atoms with Gasteiger partial charge in [0.25, 0.3) is 0 Å². The van der Waals surface area contributed by atoms with E-state index in [0.717, 1.165) is 30.0 Å². The summed E-state index contributed by atoms with van der Waals surface area (Å²) in [6, 6.07) is 6.05. The number of hydrogen-bond acceptors (Lipinski definition) is 4. The van der Waals surface area contributed by atoms with Gasteiger partial charge in [0, 0.05) is 25.6 Å². The molecule has 1 aliphatic heterocycles. The zero-order valence-electron chi connectivity index (χ0n) is 10.5. The van der Waals surface area contributed by atoms with Crippen LogP contribution in [0.3, 0.4) is 0 Å². The lowest BCUT2D eigenvalue weighted by molar-refractivity contribution is 0.174. The van der Waals surface area contributed by atoms with Gasteiger partial charge in [0.05, 0.1) is 0 Å². The fraction of sp³-hybridized carbons (Fsp3) is 0.429. The van der Waals surface area contributed by atoms with Crippen LogP contribution in [0.4, 0.5) is 0 Å². The molecule has 0 spiro atoms. The first-order chi connectivity index (χ1) is 8.85. The molecule has 0 aliphatic carbocycles. The molecule has 0 radical (unpaired) electrons. The van der Waals surface area contributed by atoms with Crippen LogP contribution in [0.1, 0.15) is 24.9 Å². The molecule has 2 rings (SSSR count). The Labute approximate surface area is 107 Å². The predicted molar refractivity (Wildman–Crippen MR) is 70.4 cm³/mol. The molecule has 0 bridgehead atoms. The molecule has 1 unspecified atom stereocenters. The first-order valence-corrected chi connectivity index (χ1v) is 6.07. The van der Waals surface area contributed by atoms with Crippen LogP contribution in [0.2, 0.25) is 0 Å². The fourth-order valence-electron chi connectivity index (χ4n) is 1.90. The predicted octanol–water partition coefficient (Wildman–Crippen LogP) is 1.42. The molecule has 18 heavy (non-hydrogen) atoms. The highest BCUT2D eigenvalue weighted by Gasteiger charge is 2.16. The van der Waals surface area contributed by atoms with E-state index in [2.05, 4.69) is 17.2 Å². The van der Waals surface area contributed by atoms with Crippen molar-refractivity contribution >= 4 is 0 Å². The molecule has 0 aromatic heterocycles. The number of nitrogens with two attached hydrogens (primary N) is 1. The fourth-order valence-corrected chi connectivity index (χ4v) is 1.90. The van der Waals surface area contributed by atoms with Gasteiger partial charge >= 0.3 is 0 Å². The molecule has 1 heterocycles. The van der Waals surface area contributed by atoms with Crippen molar-refractivity contribution in [2.24, 2.45) is 5.73 Å². The number of hydrogen-bond donors (Lipinski definition) is 2. The van der Waals surface area contributed by atoms with Gasteiger partial charge in [0.15, 0.2) is 11.5 Å². The molecule has 1 aromatic rings. The van der Waals surface area contributed by atoms with Crippen LogP contribution in [0.15, 0.2) is 18.2 Å². The minimum Gasteiger partial charge on any atom is -0.454 e. The highest BCUT2D eigenvalue weighted by Crippen LogP contribution is 2.33. The van der Waals surface area contributed by atoms with Gasteiger partial charge in [-0.05, 0) is 24.6 Å². The van der Waals surface area contributed by atoms with Crippen molar-refractivity contribution in [3.8, 4) is 23.3 Å². The molecule has 96 valence electrons. The summed E-state index contributed by atoms with van der Waals surface area (Å²) >= 11 is 0. The average Bonchev–Trinajstić information content (AvgIpc) is 2.86. The minimum atomic E-state index is 0.123. The third-order valence-electron chi connectivity index (χ3n) is 2.85. The molecule has 0 amide bonds. The van der Waals surface area contributed by atoms with Crippen molar-refractivity contribution in [1.29, 1.82) is 0 Å². The molecule has 0 saturated carbocycles. The van der Waals surface area contributed by atoms with Crippen LogP contribution < -0.4 is 20.5 Å². The SMILES string of the molecule is CC#CCCNC(CN)c1ccc2c(c1)OCO2. The Balaban J connectivity index is 2.00. The Morgan fingerprint density at radius 3 is 3.00 bits per heavy atom. The number of nitrogens with one attached hydrogen (secondary N) is 1. The van der Waals surface area contributed by atoms with Gasteiger partial charge in [-0.3, -0.25) is 0 Å². The van der Waals surface area contributed by atoms with Crippen molar-refractivity contribution in [3.05, 3.63) is 23.8 Å². The van der Waals surface area contributed by atoms with Crippen LogP contribution >= 0.6 is 0 Å². The van der Waals surface area contributed by atoms with Crippen LogP contribution in [0.5, 0.6) is 11.5 Å². The van der Waals surface area contributed by atoms with Crippen molar-refractivity contribution in [2.75, 3.05) is 19.9 Å². The first-order valence-electron chi connectivity index (χ1n) is 6.07. The van der Waals surface area contributed by atoms with E-state index in [1.807, 2.05) is 25.1 Å². The van der Waals surface area contributed by atoms with Gasteiger partial charge in [0.1, 0.15) is 0 Å². The summed E-state index contributed by atoms with van der Waals surface area (Å²) in [5.74, 6) is 7.49. The maximum Gasteiger partial charge on any atom is 0.231 e. The summed E-state index contributed by atoms with van der Waals surface area (Å²) in [5, 5.41) is 3.39.